The topological polar surface area (TPSA) is 3.24 Å². The van der Waals surface area contributed by atoms with E-state index in [1.807, 2.05) is 5.57 Å². The molecule has 0 N–H and O–H groups in total. The molecule has 0 saturated carbocycles. The molecule has 27 heavy (non-hydrogen) atoms. The van der Waals surface area contributed by atoms with Crippen LogP contribution in [0, 0.1) is 5.92 Å². The van der Waals surface area contributed by atoms with E-state index in [4.69, 9.17) is 0 Å². The highest BCUT2D eigenvalue weighted by Crippen LogP contribution is 2.52. The lowest BCUT2D eigenvalue weighted by molar-refractivity contribution is 0.224. The van der Waals surface area contributed by atoms with E-state index in [-0.39, 0.29) is 0 Å². The van der Waals surface area contributed by atoms with Gasteiger partial charge in [-0.1, -0.05) is 82.2 Å². The Hall–Kier alpha value is -1.08. The summed E-state index contributed by atoms with van der Waals surface area (Å²) >= 11 is 0. The van der Waals surface area contributed by atoms with Crippen LogP contribution >= 0.6 is 0 Å². The fraction of sp³-hybridized carbons (Fsp3) is 0.692. The van der Waals surface area contributed by atoms with E-state index >= 15 is 0 Å². The predicted molar refractivity (Wildman–Crippen MR) is 119 cm³/mol. The summed E-state index contributed by atoms with van der Waals surface area (Å²) in [4.78, 5) is 2.54. The van der Waals surface area contributed by atoms with Gasteiger partial charge in [-0.15, -0.1) is 0 Å². The van der Waals surface area contributed by atoms with Crippen LogP contribution < -0.4 is 0 Å². The standard InChI is InChI=1S/C26H41N/c1-4-6-8-10-14-21(15-11-9-7-5-2)26-23-17-13-12-16-22(23)25-20-27(3)19-18-24(25)26/h12-13,16-17,24-25H,4-11,14-15,18-20H2,1-3H3. The number of piperidine rings is 1. The highest BCUT2D eigenvalue weighted by molar-refractivity contribution is 5.78. The number of hydrogen-bond acceptors (Lipinski definition) is 1. The van der Waals surface area contributed by atoms with Crippen LogP contribution in [0.2, 0.25) is 0 Å². The number of unbranched alkanes of at least 4 members (excludes halogenated alkanes) is 6. The Kier molecular flexibility index (Phi) is 8.00. The summed E-state index contributed by atoms with van der Waals surface area (Å²) in [5.74, 6) is 1.52. The van der Waals surface area contributed by atoms with Crippen molar-refractivity contribution in [3.8, 4) is 0 Å². The van der Waals surface area contributed by atoms with Gasteiger partial charge in [-0.25, -0.2) is 0 Å². The van der Waals surface area contributed by atoms with E-state index < -0.39 is 0 Å². The van der Waals surface area contributed by atoms with E-state index in [1.54, 1.807) is 16.7 Å². The highest BCUT2D eigenvalue weighted by Gasteiger charge is 2.40. The van der Waals surface area contributed by atoms with Gasteiger partial charge in [0.15, 0.2) is 0 Å². The van der Waals surface area contributed by atoms with Gasteiger partial charge in [0.05, 0.1) is 0 Å². The van der Waals surface area contributed by atoms with E-state index in [0.717, 1.165) is 11.8 Å². The Morgan fingerprint density at radius 3 is 2.22 bits per heavy atom. The molecule has 0 amide bonds. The van der Waals surface area contributed by atoms with E-state index in [2.05, 4.69) is 50.1 Å². The third kappa shape index (κ3) is 5.05. The molecule has 0 spiro atoms. The quantitative estimate of drug-likeness (QED) is 0.389. The van der Waals surface area contributed by atoms with Crippen LogP contribution in [0.5, 0.6) is 0 Å². The molecule has 1 aliphatic carbocycles. The lowest BCUT2D eigenvalue weighted by atomic mass is 9.81. The first kappa shape index (κ1) is 20.6. The predicted octanol–water partition coefficient (Wildman–Crippen LogP) is 7.43. The van der Waals surface area contributed by atoms with Gasteiger partial charge in [-0.2, -0.15) is 0 Å². The molecular formula is C26H41N. The van der Waals surface area contributed by atoms with Crippen LogP contribution in [0.3, 0.4) is 0 Å². The maximum atomic E-state index is 2.54. The van der Waals surface area contributed by atoms with Crippen LogP contribution in [0.4, 0.5) is 0 Å². The second-order valence-corrected chi connectivity index (χ2v) is 8.99. The number of likely N-dealkylation sites (tertiary alicyclic amines) is 1. The van der Waals surface area contributed by atoms with E-state index in [9.17, 15) is 0 Å². The van der Waals surface area contributed by atoms with Gasteiger partial charge in [-0.05, 0) is 68.3 Å². The minimum atomic E-state index is 0.733. The van der Waals surface area contributed by atoms with Gasteiger partial charge in [-0.3, -0.25) is 0 Å². The average Bonchev–Trinajstić information content (AvgIpc) is 3.00. The molecule has 1 aromatic carbocycles. The summed E-state index contributed by atoms with van der Waals surface area (Å²) in [5.41, 5.74) is 6.87. The molecule has 3 rings (SSSR count). The highest BCUT2D eigenvalue weighted by atomic mass is 15.1. The molecular weight excluding hydrogens is 326 g/mol. The first-order valence-corrected chi connectivity index (χ1v) is 11.8. The Balaban J connectivity index is 1.86. The maximum Gasteiger partial charge on any atom is 0.00533 e. The summed E-state index contributed by atoms with van der Waals surface area (Å²) in [5, 5.41) is 0. The summed E-state index contributed by atoms with van der Waals surface area (Å²) in [7, 11) is 2.30. The number of fused-ring (bicyclic) bond motifs is 3. The molecule has 1 fully saturated rings. The van der Waals surface area contributed by atoms with Gasteiger partial charge in [0.2, 0.25) is 0 Å². The third-order valence-electron chi connectivity index (χ3n) is 6.88. The average molecular weight is 368 g/mol. The minimum absolute atomic E-state index is 0.733. The monoisotopic (exact) mass is 367 g/mol. The van der Waals surface area contributed by atoms with Crippen LogP contribution in [-0.2, 0) is 0 Å². The van der Waals surface area contributed by atoms with Gasteiger partial charge >= 0.3 is 0 Å². The Morgan fingerprint density at radius 2 is 1.56 bits per heavy atom. The molecule has 150 valence electrons. The second-order valence-electron chi connectivity index (χ2n) is 8.99. The van der Waals surface area contributed by atoms with Gasteiger partial charge < -0.3 is 4.90 Å². The van der Waals surface area contributed by atoms with E-state index in [0.29, 0.717) is 0 Å². The van der Waals surface area contributed by atoms with Crippen LogP contribution in [-0.4, -0.2) is 25.0 Å². The van der Waals surface area contributed by atoms with Crippen molar-refractivity contribution in [2.24, 2.45) is 5.92 Å². The molecule has 0 radical (unpaired) electrons. The first-order valence-electron chi connectivity index (χ1n) is 11.8. The smallest absolute Gasteiger partial charge is 0.00533 e. The number of rotatable bonds is 10. The normalized spacial score (nSPS) is 22.0. The van der Waals surface area contributed by atoms with Crippen molar-refractivity contribution in [1.82, 2.24) is 4.90 Å². The summed E-state index contributed by atoms with van der Waals surface area (Å²) in [6.45, 7) is 7.14. The SMILES string of the molecule is CCCCCCC(CCCCCC)=C1c2ccccc2C2CN(C)CCC12. The molecule has 0 bridgehead atoms. The Morgan fingerprint density at radius 1 is 0.889 bits per heavy atom. The minimum Gasteiger partial charge on any atom is -0.306 e. The van der Waals surface area contributed by atoms with Gasteiger partial charge in [0.1, 0.15) is 0 Å². The lowest BCUT2D eigenvalue weighted by Crippen LogP contribution is -2.34. The number of allylic oxidation sites excluding steroid dienone is 2. The molecule has 2 unspecified atom stereocenters. The van der Waals surface area contributed by atoms with Crippen LogP contribution in [0.1, 0.15) is 102 Å². The van der Waals surface area contributed by atoms with Gasteiger partial charge in [0, 0.05) is 12.5 Å². The van der Waals surface area contributed by atoms with Gasteiger partial charge in [0.25, 0.3) is 0 Å². The molecule has 1 aromatic rings. The molecule has 2 aliphatic rings. The maximum absolute atomic E-state index is 2.54. The molecule has 1 saturated heterocycles. The number of benzene rings is 1. The van der Waals surface area contributed by atoms with E-state index in [1.165, 1.54) is 83.7 Å². The van der Waals surface area contributed by atoms with Crippen molar-refractivity contribution in [3.63, 3.8) is 0 Å². The molecule has 2 atom stereocenters. The Bertz CT molecular complexity index is 600. The summed E-state index contributed by atoms with van der Waals surface area (Å²) < 4.78 is 0. The van der Waals surface area contributed by atoms with Crippen molar-refractivity contribution in [2.75, 3.05) is 20.1 Å². The van der Waals surface area contributed by atoms with Crippen molar-refractivity contribution < 1.29 is 0 Å². The third-order valence-corrected chi connectivity index (χ3v) is 6.88. The Labute approximate surface area is 168 Å². The lowest BCUT2D eigenvalue weighted by Gasteiger charge is -2.34. The number of likely N-dealkylation sites (N-methyl/N-ethyl adjacent to an activating group) is 1. The largest absolute Gasteiger partial charge is 0.306 e. The fourth-order valence-electron chi connectivity index (χ4n) is 5.42. The van der Waals surface area contributed by atoms with Crippen LogP contribution in [0.15, 0.2) is 29.8 Å². The zero-order chi connectivity index (χ0) is 19.1. The molecule has 1 aliphatic heterocycles. The number of hydrogen-bond donors (Lipinski definition) is 0. The molecule has 1 heteroatoms. The summed E-state index contributed by atoms with van der Waals surface area (Å²) in [6.07, 6.45) is 15.1. The molecule has 1 nitrogen and oxygen atoms in total. The van der Waals surface area contributed by atoms with Crippen molar-refractivity contribution in [3.05, 3.63) is 41.0 Å². The second kappa shape index (κ2) is 10.5. The van der Waals surface area contributed by atoms with Crippen molar-refractivity contribution in [1.29, 1.82) is 0 Å². The number of nitrogens with zero attached hydrogens (tertiary/aromatic N) is 1. The van der Waals surface area contributed by atoms with Crippen molar-refractivity contribution >= 4 is 5.57 Å². The zero-order valence-corrected chi connectivity index (χ0v) is 18.1. The summed E-state index contributed by atoms with van der Waals surface area (Å²) in [6, 6.07) is 9.38. The van der Waals surface area contributed by atoms with Crippen LogP contribution in [0.25, 0.3) is 5.57 Å². The zero-order valence-electron chi connectivity index (χ0n) is 18.1. The molecule has 0 aromatic heterocycles. The van der Waals surface area contributed by atoms with Crippen molar-refractivity contribution in [2.45, 2.75) is 90.4 Å². The first-order chi connectivity index (χ1) is 13.3. The fourth-order valence-corrected chi connectivity index (χ4v) is 5.42. The molecule has 1 heterocycles.